The van der Waals surface area contributed by atoms with E-state index >= 15 is 0 Å². The Morgan fingerprint density at radius 3 is 2.11 bits per heavy atom. The van der Waals surface area contributed by atoms with Crippen LogP contribution in [0.4, 0.5) is 0 Å². The van der Waals surface area contributed by atoms with Crippen LogP contribution >= 0.6 is 0 Å². The van der Waals surface area contributed by atoms with Crippen LogP contribution in [0, 0.1) is 13.0 Å². The molecular formula is C7H7Y2-. The predicted octanol–water partition coefficient (Wildman–Crippen LogP) is 1.79. The van der Waals surface area contributed by atoms with E-state index in [-0.39, 0.29) is 65.4 Å². The maximum Gasteiger partial charge on any atom is 0 e. The second-order valence-electron chi connectivity index (χ2n) is 1.55. The Kier molecular flexibility index (Phi) is 10.9. The number of rotatable bonds is 0. The van der Waals surface area contributed by atoms with Gasteiger partial charge in [-0.2, -0.15) is 35.9 Å². The minimum atomic E-state index is 0. The van der Waals surface area contributed by atoms with E-state index in [1.54, 1.807) is 0 Å². The van der Waals surface area contributed by atoms with E-state index in [1.807, 2.05) is 31.2 Å². The van der Waals surface area contributed by atoms with Crippen LogP contribution in [-0.2, 0) is 65.4 Å². The van der Waals surface area contributed by atoms with Crippen molar-refractivity contribution in [2.75, 3.05) is 0 Å². The van der Waals surface area contributed by atoms with Gasteiger partial charge in [0.2, 0.25) is 0 Å². The number of benzene rings is 1. The van der Waals surface area contributed by atoms with Crippen molar-refractivity contribution in [3.8, 4) is 0 Å². The summed E-state index contributed by atoms with van der Waals surface area (Å²) in [6.07, 6.45) is 0. The second kappa shape index (κ2) is 7.53. The van der Waals surface area contributed by atoms with Crippen molar-refractivity contribution in [1.29, 1.82) is 0 Å². The second-order valence-corrected chi connectivity index (χ2v) is 1.55. The average Bonchev–Trinajstić information content (AvgIpc) is 1.69. The monoisotopic (exact) mass is 269 g/mol. The summed E-state index contributed by atoms with van der Waals surface area (Å²) in [4.78, 5) is 0. The molecule has 0 aliphatic heterocycles. The van der Waals surface area contributed by atoms with E-state index in [1.165, 1.54) is 5.56 Å². The normalized spacial score (nSPS) is 6.78. The van der Waals surface area contributed by atoms with Gasteiger partial charge in [-0.05, 0) is 0 Å². The van der Waals surface area contributed by atoms with Crippen molar-refractivity contribution in [2.24, 2.45) is 0 Å². The molecule has 0 aliphatic carbocycles. The van der Waals surface area contributed by atoms with Crippen LogP contribution in [0.15, 0.2) is 24.3 Å². The number of hydrogen-bond donors (Lipinski definition) is 0. The third-order valence-corrected chi connectivity index (χ3v) is 0.865. The zero-order valence-corrected chi connectivity index (χ0v) is 11.1. The van der Waals surface area contributed by atoms with E-state index in [4.69, 9.17) is 0 Å². The summed E-state index contributed by atoms with van der Waals surface area (Å²) >= 11 is 0. The smallest absolute Gasteiger partial charge is 0 e. The van der Waals surface area contributed by atoms with Gasteiger partial charge in [-0.15, -0.1) is 0 Å². The molecule has 9 heavy (non-hydrogen) atoms. The fourth-order valence-corrected chi connectivity index (χ4v) is 0.483. The minimum Gasteiger partial charge on any atom is -0.181 e. The summed E-state index contributed by atoms with van der Waals surface area (Å²) in [5.41, 5.74) is 1.20. The zero-order chi connectivity index (χ0) is 5.11. The molecule has 0 N–H and O–H groups in total. The van der Waals surface area contributed by atoms with Gasteiger partial charge in [0.1, 0.15) is 0 Å². The van der Waals surface area contributed by atoms with Crippen LogP contribution in [0.5, 0.6) is 0 Å². The van der Waals surface area contributed by atoms with E-state index in [0.717, 1.165) is 0 Å². The Balaban J connectivity index is 0. The van der Waals surface area contributed by atoms with Crippen molar-refractivity contribution in [1.82, 2.24) is 0 Å². The summed E-state index contributed by atoms with van der Waals surface area (Å²) in [7, 11) is 0. The van der Waals surface area contributed by atoms with Crippen LogP contribution < -0.4 is 0 Å². The van der Waals surface area contributed by atoms with Gasteiger partial charge < -0.3 is 0 Å². The van der Waals surface area contributed by atoms with Gasteiger partial charge in [-0.25, -0.2) is 0 Å². The van der Waals surface area contributed by atoms with Crippen LogP contribution in [0.2, 0.25) is 0 Å². The Morgan fingerprint density at radius 1 is 1.22 bits per heavy atom. The summed E-state index contributed by atoms with van der Waals surface area (Å²) in [5, 5.41) is 0. The SMILES string of the molecule is Cc1[c-]cccc1.[Y].[Y]. The molecule has 1 aromatic rings. The molecule has 0 heterocycles. The van der Waals surface area contributed by atoms with Crippen molar-refractivity contribution >= 4 is 0 Å². The molecule has 0 saturated heterocycles. The Bertz CT molecular complexity index is 137. The van der Waals surface area contributed by atoms with E-state index in [2.05, 4.69) is 6.07 Å². The molecule has 2 radical (unpaired) electrons. The van der Waals surface area contributed by atoms with Crippen LogP contribution in [0.3, 0.4) is 0 Å². The molecule has 0 saturated carbocycles. The van der Waals surface area contributed by atoms with E-state index in [0.29, 0.717) is 0 Å². The van der Waals surface area contributed by atoms with Crippen molar-refractivity contribution in [3.05, 3.63) is 35.9 Å². The first kappa shape index (κ1) is 13.0. The van der Waals surface area contributed by atoms with Gasteiger partial charge in [0.15, 0.2) is 0 Å². The minimum absolute atomic E-state index is 0. The maximum atomic E-state index is 3.03. The molecule has 0 unspecified atom stereocenters. The van der Waals surface area contributed by atoms with Gasteiger partial charge in [0.25, 0.3) is 0 Å². The van der Waals surface area contributed by atoms with Crippen molar-refractivity contribution in [2.45, 2.75) is 6.92 Å². The zero-order valence-electron chi connectivity index (χ0n) is 5.46. The first-order valence-corrected chi connectivity index (χ1v) is 2.33. The maximum absolute atomic E-state index is 3.03. The van der Waals surface area contributed by atoms with Gasteiger partial charge in [0.05, 0.1) is 0 Å². The first-order chi connectivity index (χ1) is 3.39. The van der Waals surface area contributed by atoms with Gasteiger partial charge >= 0.3 is 0 Å². The standard InChI is InChI=1S/C7H7.2Y/c1-7-5-3-2-4-6-7;;/h2-5H,1H3;;/q-1;;. The summed E-state index contributed by atoms with van der Waals surface area (Å²) in [5.74, 6) is 0. The predicted molar refractivity (Wildman–Crippen MR) is 30.0 cm³/mol. The van der Waals surface area contributed by atoms with Crippen molar-refractivity contribution in [3.63, 3.8) is 0 Å². The third-order valence-electron chi connectivity index (χ3n) is 0.865. The molecule has 0 amide bonds. The number of hydrogen-bond acceptors (Lipinski definition) is 0. The first-order valence-electron chi connectivity index (χ1n) is 2.33. The summed E-state index contributed by atoms with van der Waals surface area (Å²) in [6, 6.07) is 10.9. The average molecular weight is 269 g/mol. The van der Waals surface area contributed by atoms with E-state index < -0.39 is 0 Å². The van der Waals surface area contributed by atoms with Crippen LogP contribution in [0.25, 0.3) is 0 Å². The molecule has 1 aromatic carbocycles. The fraction of sp³-hybridized carbons (Fsp3) is 0.143. The van der Waals surface area contributed by atoms with Crippen LogP contribution in [0.1, 0.15) is 5.56 Å². The fourth-order valence-electron chi connectivity index (χ4n) is 0.483. The molecule has 0 nitrogen and oxygen atoms in total. The largest absolute Gasteiger partial charge is 0.181 e. The Morgan fingerprint density at radius 2 is 1.89 bits per heavy atom. The van der Waals surface area contributed by atoms with Gasteiger partial charge in [-0.3, -0.25) is 0 Å². The Hall–Kier alpha value is 1.43. The molecule has 0 aliphatic rings. The molecule has 0 spiro atoms. The molecule has 42 valence electrons. The van der Waals surface area contributed by atoms with Crippen LogP contribution in [-0.4, -0.2) is 0 Å². The molecule has 0 fully saturated rings. The third kappa shape index (κ3) is 5.85. The molecule has 2 heteroatoms. The molecule has 0 aromatic heterocycles. The van der Waals surface area contributed by atoms with Gasteiger partial charge in [-0.1, -0.05) is 6.92 Å². The van der Waals surface area contributed by atoms with E-state index in [9.17, 15) is 0 Å². The molecule has 1 rings (SSSR count). The Labute approximate surface area is 107 Å². The summed E-state index contributed by atoms with van der Waals surface area (Å²) < 4.78 is 0. The molecular weight excluding hydrogens is 262 g/mol. The quantitative estimate of drug-likeness (QED) is 0.630. The summed E-state index contributed by atoms with van der Waals surface area (Å²) in [6.45, 7) is 2.03. The molecule has 0 bridgehead atoms. The number of aryl methyl sites for hydroxylation is 1. The topological polar surface area (TPSA) is 0 Å². The van der Waals surface area contributed by atoms with Crippen molar-refractivity contribution < 1.29 is 65.4 Å². The van der Waals surface area contributed by atoms with Gasteiger partial charge in [0, 0.05) is 65.4 Å². The molecule has 0 atom stereocenters.